The highest BCUT2D eigenvalue weighted by molar-refractivity contribution is 5.94. The van der Waals surface area contributed by atoms with Crippen molar-refractivity contribution in [1.29, 1.82) is 0 Å². The highest BCUT2D eigenvalue weighted by atomic mass is 16.4. The monoisotopic (exact) mass is 287 g/mol. The summed E-state index contributed by atoms with van der Waals surface area (Å²) in [5.41, 5.74) is 1.51. The van der Waals surface area contributed by atoms with Crippen LogP contribution in [-0.4, -0.2) is 32.8 Å². The molecule has 2 rings (SSSR count). The molecule has 1 unspecified atom stereocenters. The first-order valence-corrected chi connectivity index (χ1v) is 6.63. The van der Waals surface area contributed by atoms with Gasteiger partial charge in [-0.2, -0.15) is 5.10 Å². The fourth-order valence-electron chi connectivity index (χ4n) is 1.96. The van der Waals surface area contributed by atoms with Gasteiger partial charge in [0.05, 0.1) is 24.7 Å². The summed E-state index contributed by atoms with van der Waals surface area (Å²) in [4.78, 5) is 22.5. The molecule has 0 saturated carbocycles. The molecule has 1 aromatic carbocycles. The van der Waals surface area contributed by atoms with E-state index in [0.717, 1.165) is 5.56 Å². The van der Waals surface area contributed by atoms with Crippen LogP contribution in [0.5, 0.6) is 0 Å². The minimum atomic E-state index is -0.942. The summed E-state index contributed by atoms with van der Waals surface area (Å²) in [7, 11) is 0. The largest absolute Gasteiger partial charge is 0.481 e. The number of aliphatic carboxylic acids is 1. The average Bonchev–Trinajstić information content (AvgIpc) is 2.87. The summed E-state index contributed by atoms with van der Waals surface area (Å²) in [6, 6.07) is 9.37. The van der Waals surface area contributed by atoms with Crippen molar-refractivity contribution in [3.05, 3.63) is 53.9 Å². The minimum Gasteiger partial charge on any atom is -0.481 e. The molecule has 2 aromatic rings. The molecule has 0 fully saturated rings. The van der Waals surface area contributed by atoms with E-state index in [2.05, 4.69) is 10.4 Å². The first-order valence-electron chi connectivity index (χ1n) is 6.63. The first kappa shape index (κ1) is 14.8. The van der Waals surface area contributed by atoms with Crippen molar-refractivity contribution in [2.75, 3.05) is 0 Å². The number of hydrogen-bond acceptors (Lipinski definition) is 3. The van der Waals surface area contributed by atoms with Gasteiger partial charge in [-0.05, 0) is 12.5 Å². The van der Waals surface area contributed by atoms with Crippen molar-refractivity contribution in [3.8, 4) is 0 Å². The van der Waals surface area contributed by atoms with Crippen LogP contribution in [-0.2, 0) is 11.3 Å². The molecule has 0 radical (unpaired) electrons. The lowest BCUT2D eigenvalue weighted by atomic mass is 10.2. The molecule has 0 aliphatic heterocycles. The van der Waals surface area contributed by atoms with Crippen LogP contribution in [0.3, 0.4) is 0 Å². The Morgan fingerprint density at radius 1 is 1.33 bits per heavy atom. The normalized spacial score (nSPS) is 11.9. The predicted molar refractivity (Wildman–Crippen MR) is 77.0 cm³/mol. The van der Waals surface area contributed by atoms with Gasteiger partial charge in [-0.15, -0.1) is 0 Å². The van der Waals surface area contributed by atoms with Crippen LogP contribution in [0, 0.1) is 0 Å². The number of carbonyl (C=O) groups is 2. The Morgan fingerprint density at radius 2 is 2.05 bits per heavy atom. The third kappa shape index (κ3) is 4.45. The number of carboxylic acids is 1. The highest BCUT2D eigenvalue weighted by Gasteiger charge is 2.14. The topological polar surface area (TPSA) is 84.2 Å². The molecule has 0 spiro atoms. The SMILES string of the molecule is CC(CC(=O)O)NC(=O)c1cnn(Cc2ccccc2)c1. The average molecular weight is 287 g/mol. The van der Waals surface area contributed by atoms with Crippen molar-refractivity contribution in [3.63, 3.8) is 0 Å². The second-order valence-electron chi connectivity index (χ2n) is 4.88. The van der Waals surface area contributed by atoms with Gasteiger partial charge in [-0.25, -0.2) is 0 Å². The van der Waals surface area contributed by atoms with E-state index in [4.69, 9.17) is 5.11 Å². The Morgan fingerprint density at radius 3 is 2.71 bits per heavy atom. The third-order valence-electron chi connectivity index (χ3n) is 2.94. The lowest BCUT2D eigenvalue weighted by molar-refractivity contribution is -0.137. The molecule has 1 atom stereocenters. The van der Waals surface area contributed by atoms with Crippen LogP contribution < -0.4 is 5.32 Å². The summed E-state index contributed by atoms with van der Waals surface area (Å²) in [6.07, 6.45) is 3.02. The van der Waals surface area contributed by atoms with Gasteiger partial charge in [0, 0.05) is 12.2 Å². The molecular formula is C15H17N3O3. The van der Waals surface area contributed by atoms with Crippen molar-refractivity contribution in [2.45, 2.75) is 25.9 Å². The Labute approximate surface area is 122 Å². The number of carboxylic acid groups (broad SMARTS) is 1. The van der Waals surface area contributed by atoms with Gasteiger partial charge in [0.25, 0.3) is 5.91 Å². The van der Waals surface area contributed by atoms with Gasteiger partial charge in [-0.3, -0.25) is 14.3 Å². The van der Waals surface area contributed by atoms with Gasteiger partial charge >= 0.3 is 5.97 Å². The standard InChI is InChI=1S/C15H17N3O3/c1-11(7-14(19)20)17-15(21)13-8-16-18(10-13)9-12-5-3-2-4-6-12/h2-6,8,10-11H,7,9H2,1H3,(H,17,21)(H,19,20). The molecule has 6 nitrogen and oxygen atoms in total. The van der Waals surface area contributed by atoms with Crippen LogP contribution in [0.2, 0.25) is 0 Å². The Bertz CT molecular complexity index is 622. The molecule has 110 valence electrons. The molecule has 0 bridgehead atoms. The molecule has 0 aliphatic rings. The lowest BCUT2D eigenvalue weighted by Crippen LogP contribution is -2.34. The number of amides is 1. The molecule has 6 heteroatoms. The van der Waals surface area contributed by atoms with Crippen molar-refractivity contribution >= 4 is 11.9 Å². The second-order valence-corrected chi connectivity index (χ2v) is 4.88. The quantitative estimate of drug-likeness (QED) is 0.843. The van der Waals surface area contributed by atoms with Crippen molar-refractivity contribution < 1.29 is 14.7 Å². The fourth-order valence-corrected chi connectivity index (χ4v) is 1.96. The number of carbonyl (C=O) groups excluding carboxylic acids is 1. The number of aromatic nitrogens is 2. The van der Waals surface area contributed by atoms with E-state index in [9.17, 15) is 9.59 Å². The van der Waals surface area contributed by atoms with E-state index >= 15 is 0 Å². The zero-order chi connectivity index (χ0) is 15.2. The van der Waals surface area contributed by atoms with Crippen LogP contribution in [0.4, 0.5) is 0 Å². The number of benzene rings is 1. The van der Waals surface area contributed by atoms with Crippen LogP contribution >= 0.6 is 0 Å². The number of hydrogen-bond donors (Lipinski definition) is 2. The summed E-state index contributed by atoms with van der Waals surface area (Å²) in [5, 5.41) is 15.4. The smallest absolute Gasteiger partial charge is 0.305 e. The van der Waals surface area contributed by atoms with Gasteiger partial charge in [0.2, 0.25) is 0 Å². The molecule has 0 aliphatic carbocycles. The highest BCUT2D eigenvalue weighted by Crippen LogP contribution is 2.04. The molecule has 1 amide bonds. The summed E-state index contributed by atoms with van der Waals surface area (Å²) in [6.45, 7) is 2.24. The summed E-state index contributed by atoms with van der Waals surface area (Å²) < 4.78 is 1.67. The second kappa shape index (κ2) is 6.69. The third-order valence-corrected chi connectivity index (χ3v) is 2.94. The van der Waals surface area contributed by atoms with E-state index in [0.29, 0.717) is 12.1 Å². The molecule has 21 heavy (non-hydrogen) atoms. The fraction of sp³-hybridized carbons (Fsp3) is 0.267. The zero-order valence-electron chi connectivity index (χ0n) is 11.7. The van der Waals surface area contributed by atoms with E-state index in [1.807, 2.05) is 30.3 Å². The molecule has 2 N–H and O–H groups in total. The number of rotatable bonds is 6. The maximum atomic E-state index is 11.9. The van der Waals surface area contributed by atoms with Gasteiger partial charge < -0.3 is 10.4 Å². The lowest BCUT2D eigenvalue weighted by Gasteiger charge is -2.10. The first-order chi connectivity index (χ1) is 10.0. The van der Waals surface area contributed by atoms with E-state index in [1.54, 1.807) is 17.8 Å². The van der Waals surface area contributed by atoms with Crippen LogP contribution in [0.15, 0.2) is 42.7 Å². The van der Waals surface area contributed by atoms with Crippen LogP contribution in [0.25, 0.3) is 0 Å². The summed E-state index contributed by atoms with van der Waals surface area (Å²) >= 11 is 0. The van der Waals surface area contributed by atoms with Gasteiger partial charge in [0.1, 0.15) is 0 Å². The molecule has 0 saturated heterocycles. The zero-order valence-corrected chi connectivity index (χ0v) is 11.7. The van der Waals surface area contributed by atoms with Crippen molar-refractivity contribution in [1.82, 2.24) is 15.1 Å². The molecular weight excluding hydrogens is 270 g/mol. The van der Waals surface area contributed by atoms with Gasteiger partial charge in [0.15, 0.2) is 0 Å². The number of nitrogens with one attached hydrogen (secondary N) is 1. The predicted octanol–water partition coefficient (Wildman–Crippen LogP) is 1.52. The van der Waals surface area contributed by atoms with E-state index in [-0.39, 0.29) is 12.3 Å². The maximum Gasteiger partial charge on any atom is 0.305 e. The Balaban J connectivity index is 1.96. The minimum absolute atomic E-state index is 0.107. The summed E-state index contributed by atoms with van der Waals surface area (Å²) in [5.74, 6) is -1.26. The van der Waals surface area contributed by atoms with Crippen LogP contribution in [0.1, 0.15) is 29.3 Å². The van der Waals surface area contributed by atoms with E-state index < -0.39 is 12.0 Å². The Kier molecular flexibility index (Phi) is 4.71. The molecule has 1 aromatic heterocycles. The maximum absolute atomic E-state index is 11.9. The van der Waals surface area contributed by atoms with Gasteiger partial charge in [-0.1, -0.05) is 30.3 Å². The molecule has 1 heterocycles. The van der Waals surface area contributed by atoms with E-state index in [1.165, 1.54) is 6.20 Å². The Hall–Kier alpha value is -2.63. The van der Waals surface area contributed by atoms with Crippen molar-refractivity contribution in [2.24, 2.45) is 0 Å². The number of nitrogens with zero attached hydrogens (tertiary/aromatic N) is 2.